The van der Waals surface area contributed by atoms with Crippen LogP contribution in [0.3, 0.4) is 0 Å². The number of rotatable bonds is 6. The predicted molar refractivity (Wildman–Crippen MR) is 85.7 cm³/mol. The second-order valence-corrected chi connectivity index (χ2v) is 8.40. The van der Waals surface area contributed by atoms with E-state index in [1.807, 2.05) is 31.2 Å². The highest BCUT2D eigenvalue weighted by molar-refractivity contribution is 7.91. The number of aryl methyl sites for hydroxylation is 1. The maximum absolute atomic E-state index is 11.9. The number of amides is 1. The number of carbonyl (C=O) groups excluding carboxylic acids is 1. The van der Waals surface area contributed by atoms with Gasteiger partial charge in [0.1, 0.15) is 5.75 Å². The Labute approximate surface area is 132 Å². The molecule has 1 aromatic rings. The molecule has 1 N–H and O–H groups in total. The first-order valence-corrected chi connectivity index (χ1v) is 9.31. The highest BCUT2D eigenvalue weighted by atomic mass is 32.2. The van der Waals surface area contributed by atoms with Crippen LogP contribution in [0.15, 0.2) is 24.3 Å². The Morgan fingerprint density at radius 3 is 2.82 bits per heavy atom. The quantitative estimate of drug-likeness (QED) is 0.810. The zero-order valence-corrected chi connectivity index (χ0v) is 13.9. The number of benzene rings is 1. The molecule has 0 aliphatic carbocycles. The Bertz CT molecular complexity index is 641. The van der Waals surface area contributed by atoms with Gasteiger partial charge >= 0.3 is 0 Å². The minimum Gasteiger partial charge on any atom is -0.494 e. The van der Waals surface area contributed by atoms with Gasteiger partial charge in [0, 0.05) is 6.42 Å². The van der Waals surface area contributed by atoms with Crippen LogP contribution < -0.4 is 10.1 Å². The zero-order valence-electron chi connectivity index (χ0n) is 13.1. The van der Waals surface area contributed by atoms with Gasteiger partial charge in [0.25, 0.3) is 0 Å². The first kappa shape index (κ1) is 16.8. The van der Waals surface area contributed by atoms with Crippen molar-refractivity contribution in [2.75, 3.05) is 18.1 Å². The van der Waals surface area contributed by atoms with Crippen molar-refractivity contribution >= 4 is 15.7 Å². The largest absolute Gasteiger partial charge is 0.494 e. The Hall–Kier alpha value is -1.56. The van der Waals surface area contributed by atoms with Crippen molar-refractivity contribution < 1.29 is 17.9 Å². The zero-order chi connectivity index (χ0) is 16.2. The average molecular weight is 325 g/mol. The molecule has 1 atom stereocenters. The Balaban J connectivity index is 1.70. The van der Waals surface area contributed by atoms with E-state index in [0.29, 0.717) is 25.9 Å². The normalized spacial score (nSPS) is 23.2. The molecule has 1 aromatic carbocycles. The lowest BCUT2D eigenvalue weighted by molar-refractivity contribution is -0.122. The molecule has 22 heavy (non-hydrogen) atoms. The van der Waals surface area contributed by atoms with Crippen molar-refractivity contribution in [3.8, 4) is 5.75 Å². The van der Waals surface area contributed by atoms with Gasteiger partial charge in [0.15, 0.2) is 9.84 Å². The summed E-state index contributed by atoms with van der Waals surface area (Å²) in [6.07, 6.45) is 1.42. The SMILES string of the molecule is Cc1cccc(OCCCC(=O)NC2(C)CCS(=O)(=O)C2)c1. The van der Waals surface area contributed by atoms with E-state index < -0.39 is 15.4 Å². The second kappa shape index (κ2) is 6.69. The van der Waals surface area contributed by atoms with E-state index in [0.717, 1.165) is 11.3 Å². The number of nitrogens with one attached hydrogen (secondary N) is 1. The van der Waals surface area contributed by atoms with Crippen molar-refractivity contribution in [3.63, 3.8) is 0 Å². The second-order valence-electron chi connectivity index (χ2n) is 6.22. The summed E-state index contributed by atoms with van der Waals surface area (Å²) in [5.41, 5.74) is 0.512. The van der Waals surface area contributed by atoms with Gasteiger partial charge < -0.3 is 10.1 Å². The van der Waals surface area contributed by atoms with Gasteiger partial charge in [-0.1, -0.05) is 12.1 Å². The van der Waals surface area contributed by atoms with Crippen molar-refractivity contribution in [1.82, 2.24) is 5.32 Å². The summed E-state index contributed by atoms with van der Waals surface area (Å²) in [5, 5.41) is 2.84. The third kappa shape index (κ3) is 5.02. The fourth-order valence-corrected chi connectivity index (χ4v) is 4.73. The Morgan fingerprint density at radius 2 is 2.18 bits per heavy atom. The highest BCUT2D eigenvalue weighted by Crippen LogP contribution is 2.23. The molecule has 1 fully saturated rings. The first-order valence-electron chi connectivity index (χ1n) is 7.49. The molecule has 1 aliphatic heterocycles. The standard InChI is InChI=1S/C16H23NO4S/c1-13-5-3-6-14(11-13)21-9-4-7-15(18)17-16(2)8-10-22(19,20)12-16/h3,5-6,11H,4,7-10,12H2,1-2H3,(H,17,18). The maximum atomic E-state index is 11.9. The molecule has 1 heterocycles. The molecule has 0 spiro atoms. The average Bonchev–Trinajstić information content (AvgIpc) is 2.68. The molecule has 0 bridgehead atoms. The van der Waals surface area contributed by atoms with Crippen molar-refractivity contribution in [1.29, 1.82) is 0 Å². The topological polar surface area (TPSA) is 72.5 Å². The monoisotopic (exact) mass is 325 g/mol. The summed E-state index contributed by atoms with van der Waals surface area (Å²) < 4.78 is 28.6. The first-order chi connectivity index (χ1) is 10.3. The van der Waals surface area contributed by atoms with Crippen molar-refractivity contribution in [2.45, 2.75) is 38.6 Å². The number of ether oxygens (including phenoxy) is 1. The molecule has 1 aliphatic rings. The lowest BCUT2D eigenvalue weighted by Crippen LogP contribution is -2.46. The fraction of sp³-hybridized carbons (Fsp3) is 0.562. The third-order valence-electron chi connectivity index (χ3n) is 3.75. The van der Waals surface area contributed by atoms with Crippen LogP contribution in [0, 0.1) is 6.92 Å². The molecule has 6 heteroatoms. The Kier molecular flexibility index (Phi) is 5.11. The van der Waals surface area contributed by atoms with Crippen molar-refractivity contribution in [2.24, 2.45) is 0 Å². The molecule has 122 valence electrons. The molecule has 1 unspecified atom stereocenters. The van der Waals surface area contributed by atoms with Gasteiger partial charge in [-0.15, -0.1) is 0 Å². The molecule has 1 saturated heterocycles. The molecule has 5 nitrogen and oxygen atoms in total. The molecular formula is C16H23NO4S. The molecule has 0 saturated carbocycles. The lowest BCUT2D eigenvalue weighted by Gasteiger charge is -2.23. The van der Waals surface area contributed by atoms with E-state index in [4.69, 9.17) is 4.74 Å². The third-order valence-corrected chi connectivity index (χ3v) is 5.65. The van der Waals surface area contributed by atoms with Crippen LogP contribution in [-0.2, 0) is 14.6 Å². The molecule has 1 amide bonds. The minimum absolute atomic E-state index is 0.0333. The molecular weight excluding hydrogens is 302 g/mol. The molecule has 0 aromatic heterocycles. The van der Waals surface area contributed by atoms with Crippen LogP contribution in [0.25, 0.3) is 0 Å². The van der Waals surface area contributed by atoms with Gasteiger partial charge in [-0.3, -0.25) is 4.79 Å². The summed E-state index contributed by atoms with van der Waals surface area (Å²) in [6, 6.07) is 7.76. The van der Waals surface area contributed by atoms with Crippen LogP contribution in [-0.4, -0.2) is 38.0 Å². The summed E-state index contributed by atoms with van der Waals surface area (Å²) in [7, 11) is -3.00. The van der Waals surface area contributed by atoms with Gasteiger partial charge in [0.2, 0.25) is 5.91 Å². The van der Waals surface area contributed by atoms with Crippen LogP contribution in [0.5, 0.6) is 5.75 Å². The van der Waals surface area contributed by atoms with E-state index >= 15 is 0 Å². The van der Waals surface area contributed by atoms with Gasteiger partial charge in [-0.2, -0.15) is 0 Å². The van der Waals surface area contributed by atoms with Crippen LogP contribution in [0.2, 0.25) is 0 Å². The summed E-state index contributed by atoms with van der Waals surface area (Å²) in [4.78, 5) is 11.9. The summed E-state index contributed by atoms with van der Waals surface area (Å²) >= 11 is 0. The lowest BCUT2D eigenvalue weighted by atomic mass is 10.0. The Morgan fingerprint density at radius 1 is 1.41 bits per heavy atom. The van der Waals surface area contributed by atoms with E-state index in [1.165, 1.54) is 0 Å². The fourth-order valence-electron chi connectivity index (χ4n) is 2.64. The van der Waals surface area contributed by atoms with Crippen molar-refractivity contribution in [3.05, 3.63) is 29.8 Å². The van der Waals surface area contributed by atoms with E-state index in [9.17, 15) is 13.2 Å². The van der Waals surface area contributed by atoms with E-state index in [2.05, 4.69) is 5.32 Å². The van der Waals surface area contributed by atoms with Crippen LogP contribution in [0.4, 0.5) is 0 Å². The molecule has 0 radical (unpaired) electrons. The van der Waals surface area contributed by atoms with Gasteiger partial charge in [-0.25, -0.2) is 8.42 Å². The predicted octanol–water partition coefficient (Wildman–Crippen LogP) is 1.85. The van der Waals surface area contributed by atoms with E-state index in [1.54, 1.807) is 6.92 Å². The summed E-state index contributed by atoms with van der Waals surface area (Å²) in [5.74, 6) is 0.868. The van der Waals surface area contributed by atoms with E-state index in [-0.39, 0.29) is 17.4 Å². The van der Waals surface area contributed by atoms with Crippen LogP contribution in [0.1, 0.15) is 31.7 Å². The van der Waals surface area contributed by atoms with Gasteiger partial charge in [0.05, 0.1) is 23.7 Å². The summed E-state index contributed by atoms with van der Waals surface area (Å²) in [6.45, 7) is 4.25. The number of carbonyl (C=O) groups is 1. The number of hydrogen-bond donors (Lipinski definition) is 1. The van der Waals surface area contributed by atoms with Gasteiger partial charge in [-0.05, 0) is 44.4 Å². The molecule has 2 rings (SSSR count). The minimum atomic E-state index is -3.00. The number of hydrogen-bond acceptors (Lipinski definition) is 4. The van der Waals surface area contributed by atoms with Crippen LogP contribution >= 0.6 is 0 Å². The maximum Gasteiger partial charge on any atom is 0.220 e. The number of sulfone groups is 1. The highest BCUT2D eigenvalue weighted by Gasteiger charge is 2.39. The smallest absolute Gasteiger partial charge is 0.220 e.